The first-order valence-corrected chi connectivity index (χ1v) is 13.2. The summed E-state index contributed by atoms with van der Waals surface area (Å²) >= 11 is 5.99. The van der Waals surface area contributed by atoms with Crippen molar-refractivity contribution < 1.29 is 27.9 Å². The highest BCUT2D eigenvalue weighted by molar-refractivity contribution is 7.92. The molecule has 2 rings (SSSR count). The fourth-order valence-electron chi connectivity index (χ4n) is 3.93. The maximum Gasteiger partial charge on any atom is 0.408 e. The molecule has 0 spiro atoms. The number of aromatic nitrogens is 1. The molecule has 0 fully saturated rings. The van der Waals surface area contributed by atoms with Crippen LogP contribution in [0.2, 0.25) is 5.15 Å². The maximum atomic E-state index is 13.5. The third-order valence-corrected chi connectivity index (χ3v) is 7.00. The van der Waals surface area contributed by atoms with Crippen molar-refractivity contribution in [3.8, 4) is 0 Å². The Balaban J connectivity index is 2.36. The standard InChI is InChI=1S/C24H31ClN4O6S/c1-23(2,3)29(22(32)33)24(4,14-16-10-8-7-9-11-16)18(30)15-26-21(31)17-12-19(25)27-20(13-17)28(5)36(6,34)35/h7-13H,14-15H2,1-6H3,(H,26,31)(H,32,33)/t24-/m1/s1. The van der Waals surface area contributed by atoms with Crippen LogP contribution in [0.25, 0.3) is 0 Å². The van der Waals surface area contributed by atoms with Gasteiger partial charge in [-0.3, -0.25) is 18.8 Å². The summed E-state index contributed by atoms with van der Waals surface area (Å²) in [6.45, 7) is 6.13. The van der Waals surface area contributed by atoms with Crippen molar-refractivity contribution in [2.24, 2.45) is 0 Å². The highest BCUT2D eigenvalue weighted by Crippen LogP contribution is 2.30. The van der Waals surface area contributed by atoms with E-state index < -0.39 is 45.4 Å². The summed E-state index contributed by atoms with van der Waals surface area (Å²) in [5.41, 5.74) is -1.68. The molecule has 0 saturated heterocycles. The van der Waals surface area contributed by atoms with Crippen molar-refractivity contribution >= 4 is 45.2 Å². The largest absolute Gasteiger partial charge is 0.465 e. The van der Waals surface area contributed by atoms with Crippen LogP contribution < -0.4 is 9.62 Å². The molecular weight excluding hydrogens is 508 g/mol. The molecule has 2 amide bonds. The molecule has 0 unspecified atom stereocenters. The summed E-state index contributed by atoms with van der Waals surface area (Å²) in [6, 6.07) is 11.5. The third-order valence-electron chi connectivity index (χ3n) is 5.62. The number of nitrogens with one attached hydrogen (secondary N) is 1. The van der Waals surface area contributed by atoms with Crippen LogP contribution in [0.1, 0.15) is 43.6 Å². The molecule has 0 bridgehead atoms. The van der Waals surface area contributed by atoms with Crippen LogP contribution in [0.5, 0.6) is 0 Å². The minimum Gasteiger partial charge on any atom is -0.465 e. The van der Waals surface area contributed by atoms with Gasteiger partial charge in [-0.25, -0.2) is 18.2 Å². The van der Waals surface area contributed by atoms with Gasteiger partial charge in [-0.2, -0.15) is 0 Å². The van der Waals surface area contributed by atoms with Crippen LogP contribution in [0, 0.1) is 0 Å². The van der Waals surface area contributed by atoms with Crippen LogP contribution in [0.4, 0.5) is 10.6 Å². The molecule has 196 valence electrons. The number of carbonyl (C=O) groups excluding carboxylic acids is 2. The van der Waals surface area contributed by atoms with Crippen molar-refractivity contribution in [3.05, 3.63) is 58.7 Å². The zero-order chi connectivity index (χ0) is 27.5. The Morgan fingerprint density at radius 1 is 1.08 bits per heavy atom. The summed E-state index contributed by atoms with van der Waals surface area (Å²) < 4.78 is 24.6. The van der Waals surface area contributed by atoms with Gasteiger partial charge in [-0.05, 0) is 45.4 Å². The number of hydrogen-bond acceptors (Lipinski definition) is 6. The predicted octanol–water partition coefficient (Wildman–Crippen LogP) is 3.21. The highest BCUT2D eigenvalue weighted by Gasteiger charge is 2.47. The van der Waals surface area contributed by atoms with E-state index >= 15 is 0 Å². The van der Waals surface area contributed by atoms with Crippen LogP contribution in [0.3, 0.4) is 0 Å². The fourth-order valence-corrected chi connectivity index (χ4v) is 4.57. The monoisotopic (exact) mass is 538 g/mol. The summed E-state index contributed by atoms with van der Waals surface area (Å²) in [7, 11) is -2.39. The smallest absolute Gasteiger partial charge is 0.408 e. The molecule has 0 aliphatic heterocycles. The Morgan fingerprint density at radius 3 is 2.17 bits per heavy atom. The molecule has 12 heteroatoms. The Kier molecular flexibility index (Phi) is 8.74. The van der Waals surface area contributed by atoms with Crippen LogP contribution >= 0.6 is 11.6 Å². The van der Waals surface area contributed by atoms with Gasteiger partial charge in [-0.1, -0.05) is 41.9 Å². The number of benzene rings is 1. The van der Waals surface area contributed by atoms with E-state index in [0.29, 0.717) is 0 Å². The summed E-state index contributed by atoms with van der Waals surface area (Å²) in [5.74, 6) is -1.29. The first-order chi connectivity index (χ1) is 16.5. The Bertz CT molecular complexity index is 1250. The number of anilines is 1. The van der Waals surface area contributed by atoms with E-state index in [-0.39, 0.29) is 23.0 Å². The molecule has 0 radical (unpaired) electrons. The minimum atomic E-state index is -3.66. The van der Waals surface area contributed by atoms with Crippen LogP contribution in [0.15, 0.2) is 42.5 Å². The van der Waals surface area contributed by atoms with E-state index in [0.717, 1.165) is 21.0 Å². The lowest BCUT2D eigenvalue weighted by molar-refractivity contribution is -0.131. The maximum absolute atomic E-state index is 13.5. The Hall–Kier alpha value is -3.18. The molecule has 36 heavy (non-hydrogen) atoms. The van der Waals surface area contributed by atoms with Gasteiger partial charge in [-0.15, -0.1) is 0 Å². The average Bonchev–Trinajstić information content (AvgIpc) is 2.74. The number of nitrogens with zero attached hydrogens (tertiary/aromatic N) is 3. The molecule has 1 atom stereocenters. The third kappa shape index (κ3) is 6.94. The van der Waals surface area contributed by atoms with Gasteiger partial charge < -0.3 is 10.4 Å². The highest BCUT2D eigenvalue weighted by atomic mass is 35.5. The number of ketones is 1. The lowest BCUT2D eigenvalue weighted by Gasteiger charge is -2.46. The molecule has 0 aliphatic carbocycles. The van der Waals surface area contributed by atoms with Crippen molar-refractivity contribution in [3.63, 3.8) is 0 Å². The molecule has 2 N–H and O–H groups in total. The second kappa shape index (κ2) is 10.8. The zero-order valence-electron chi connectivity index (χ0n) is 21.1. The molecule has 2 aromatic rings. The van der Waals surface area contributed by atoms with E-state index in [1.54, 1.807) is 45.0 Å². The molecule has 1 aromatic carbocycles. The average molecular weight is 539 g/mol. The number of pyridine rings is 1. The second-order valence-corrected chi connectivity index (χ2v) is 12.0. The molecule has 0 saturated carbocycles. The quantitative estimate of drug-likeness (QED) is 0.467. The Labute approximate surface area is 216 Å². The minimum absolute atomic E-state index is 0.0102. The lowest BCUT2D eigenvalue weighted by atomic mass is 9.83. The molecule has 0 aliphatic rings. The number of rotatable bonds is 9. The summed E-state index contributed by atoms with van der Waals surface area (Å²) in [5, 5.41) is 12.4. The molecule has 1 heterocycles. The van der Waals surface area contributed by atoms with Gasteiger partial charge in [0.25, 0.3) is 5.91 Å². The molecule has 1 aromatic heterocycles. The first kappa shape index (κ1) is 29.1. The van der Waals surface area contributed by atoms with Gasteiger partial charge in [0.05, 0.1) is 12.8 Å². The number of sulfonamides is 1. The van der Waals surface area contributed by atoms with Crippen molar-refractivity contribution in [2.75, 3.05) is 24.2 Å². The van der Waals surface area contributed by atoms with Gasteiger partial charge >= 0.3 is 6.09 Å². The lowest BCUT2D eigenvalue weighted by Crippen LogP contribution is -2.64. The van der Waals surface area contributed by atoms with E-state index in [1.165, 1.54) is 26.1 Å². The van der Waals surface area contributed by atoms with Crippen molar-refractivity contribution in [1.82, 2.24) is 15.2 Å². The SMILES string of the molecule is CN(c1cc(C(=O)NCC(=O)[C@@](C)(Cc2ccccc2)N(C(=O)O)C(C)(C)C)cc(Cl)n1)S(C)(=O)=O. The number of carbonyl (C=O) groups is 3. The number of carboxylic acid groups (broad SMARTS) is 1. The van der Waals surface area contributed by atoms with Gasteiger partial charge in [0.2, 0.25) is 10.0 Å². The van der Waals surface area contributed by atoms with Crippen molar-refractivity contribution in [1.29, 1.82) is 0 Å². The van der Waals surface area contributed by atoms with Gasteiger partial charge in [0, 0.05) is 24.6 Å². The van der Waals surface area contributed by atoms with Gasteiger partial charge in [0.15, 0.2) is 5.78 Å². The number of Topliss-reactive ketones (excluding diaryl/α,β-unsaturated/α-hetero) is 1. The number of hydrogen-bond donors (Lipinski definition) is 2. The number of halogens is 1. The fraction of sp³-hybridized carbons (Fsp3) is 0.417. The normalized spacial score (nSPS) is 13.4. The zero-order valence-corrected chi connectivity index (χ0v) is 22.6. The van der Waals surface area contributed by atoms with E-state index in [4.69, 9.17) is 11.6 Å². The number of amides is 2. The van der Waals surface area contributed by atoms with Crippen LogP contribution in [-0.2, 0) is 21.2 Å². The Morgan fingerprint density at radius 2 is 1.67 bits per heavy atom. The topological polar surface area (TPSA) is 137 Å². The molecular formula is C24H31ClN4O6S. The van der Waals surface area contributed by atoms with Gasteiger partial charge in [0.1, 0.15) is 16.5 Å². The summed E-state index contributed by atoms with van der Waals surface area (Å²) in [4.78, 5) is 43.7. The molecule has 10 nitrogen and oxygen atoms in total. The van der Waals surface area contributed by atoms with Crippen LogP contribution in [-0.4, -0.2) is 72.1 Å². The van der Waals surface area contributed by atoms with Crippen molar-refractivity contribution in [2.45, 2.75) is 45.2 Å². The predicted molar refractivity (Wildman–Crippen MR) is 138 cm³/mol. The van der Waals surface area contributed by atoms with E-state index in [9.17, 15) is 27.9 Å². The summed E-state index contributed by atoms with van der Waals surface area (Å²) in [6.07, 6.45) is -0.198. The van der Waals surface area contributed by atoms with E-state index in [2.05, 4.69) is 10.3 Å². The van der Waals surface area contributed by atoms with E-state index in [1.807, 2.05) is 6.07 Å². The second-order valence-electron chi connectivity index (χ2n) is 9.60. The first-order valence-electron chi connectivity index (χ1n) is 11.0.